The Morgan fingerprint density at radius 2 is 1.53 bits per heavy atom. The third-order valence-electron chi connectivity index (χ3n) is 6.63. The summed E-state index contributed by atoms with van der Waals surface area (Å²) in [5.41, 5.74) is 0.614. The fourth-order valence-corrected chi connectivity index (χ4v) is 7.11. The molecule has 2 aliphatic rings. The van der Waals surface area contributed by atoms with Gasteiger partial charge in [0.2, 0.25) is 15.9 Å². The predicted octanol–water partition coefficient (Wildman–Crippen LogP) is 2.77. The van der Waals surface area contributed by atoms with E-state index in [0.29, 0.717) is 55.4 Å². The van der Waals surface area contributed by atoms with Crippen LogP contribution in [0.15, 0.2) is 32.3 Å². The third-order valence-corrected chi connectivity index (χ3v) is 8.46. The summed E-state index contributed by atoms with van der Waals surface area (Å²) in [6, 6.07) is 4.48. The fourth-order valence-electron chi connectivity index (χ4n) is 5.41. The molecular formula is C23H33N3O5S. The number of hydrogen-bond donors (Lipinski definition) is 0. The number of piperidine rings is 2. The van der Waals surface area contributed by atoms with Crippen LogP contribution in [0.25, 0.3) is 11.1 Å². The third kappa shape index (κ3) is 4.50. The zero-order chi connectivity index (χ0) is 23.2. The molecule has 9 heteroatoms. The minimum Gasteiger partial charge on any atom is -0.408 e. The Bertz CT molecular complexity index is 1150. The smallest absolute Gasteiger partial charge is 0.408 e. The lowest BCUT2D eigenvalue weighted by Crippen LogP contribution is -2.44. The van der Waals surface area contributed by atoms with Gasteiger partial charge in [-0.25, -0.2) is 13.2 Å². The van der Waals surface area contributed by atoms with Crippen molar-refractivity contribution >= 4 is 27.0 Å². The Labute approximate surface area is 189 Å². The lowest BCUT2D eigenvalue weighted by atomic mass is 9.92. The van der Waals surface area contributed by atoms with Crippen LogP contribution in [0.4, 0.5) is 0 Å². The zero-order valence-corrected chi connectivity index (χ0v) is 20.1. The van der Waals surface area contributed by atoms with Gasteiger partial charge in [0.05, 0.1) is 10.4 Å². The Hall–Kier alpha value is -2.13. The van der Waals surface area contributed by atoms with Gasteiger partial charge in [0.15, 0.2) is 5.58 Å². The number of oxazole rings is 1. The van der Waals surface area contributed by atoms with E-state index in [-0.39, 0.29) is 22.9 Å². The summed E-state index contributed by atoms with van der Waals surface area (Å²) in [5.74, 6) is 0.662. The van der Waals surface area contributed by atoms with Crippen molar-refractivity contribution in [3.8, 4) is 0 Å². The van der Waals surface area contributed by atoms with E-state index in [9.17, 15) is 18.0 Å². The molecular weight excluding hydrogens is 430 g/mol. The first-order chi connectivity index (χ1) is 15.0. The van der Waals surface area contributed by atoms with Crippen LogP contribution in [0.5, 0.6) is 0 Å². The molecule has 2 saturated heterocycles. The van der Waals surface area contributed by atoms with Gasteiger partial charge in [0, 0.05) is 32.2 Å². The summed E-state index contributed by atoms with van der Waals surface area (Å²) in [4.78, 5) is 27.3. The summed E-state index contributed by atoms with van der Waals surface area (Å²) in [6.45, 7) is 10.6. The number of fused-ring (bicyclic) bond motifs is 1. The molecule has 1 aromatic heterocycles. The number of aromatic nitrogens is 1. The fraction of sp³-hybridized carbons (Fsp3) is 0.652. The number of carbonyl (C=O) groups is 1. The van der Waals surface area contributed by atoms with Gasteiger partial charge in [-0.15, -0.1) is 0 Å². The van der Waals surface area contributed by atoms with Crippen LogP contribution in [-0.2, 0) is 21.4 Å². The number of amides is 1. The van der Waals surface area contributed by atoms with Gasteiger partial charge in [-0.1, -0.05) is 27.7 Å². The second kappa shape index (κ2) is 8.67. The molecule has 0 aliphatic carbocycles. The number of hydrogen-bond acceptors (Lipinski definition) is 5. The van der Waals surface area contributed by atoms with Gasteiger partial charge in [0.25, 0.3) is 0 Å². The quantitative estimate of drug-likeness (QED) is 0.695. The molecule has 2 fully saturated rings. The first kappa shape index (κ1) is 23.0. The Morgan fingerprint density at radius 1 is 0.969 bits per heavy atom. The van der Waals surface area contributed by atoms with Crippen molar-refractivity contribution in [2.45, 2.75) is 52.0 Å². The lowest BCUT2D eigenvalue weighted by Gasteiger charge is -2.35. The van der Waals surface area contributed by atoms with E-state index in [4.69, 9.17) is 4.42 Å². The van der Waals surface area contributed by atoms with Crippen LogP contribution in [-0.4, -0.2) is 54.3 Å². The average Bonchev–Trinajstić information content (AvgIpc) is 3.01. The van der Waals surface area contributed by atoms with Crippen molar-refractivity contribution in [3.63, 3.8) is 0 Å². The highest BCUT2D eigenvalue weighted by atomic mass is 32.2. The van der Waals surface area contributed by atoms with Crippen molar-refractivity contribution in [1.82, 2.24) is 13.8 Å². The van der Waals surface area contributed by atoms with Crippen LogP contribution in [0.3, 0.4) is 0 Å². The molecule has 0 spiro atoms. The van der Waals surface area contributed by atoms with Crippen molar-refractivity contribution in [3.05, 3.63) is 28.7 Å². The van der Waals surface area contributed by atoms with E-state index in [0.717, 1.165) is 12.8 Å². The van der Waals surface area contributed by atoms with E-state index < -0.39 is 15.8 Å². The molecule has 0 saturated carbocycles. The molecule has 2 aromatic rings. The maximum atomic E-state index is 13.2. The summed E-state index contributed by atoms with van der Waals surface area (Å²) in [5, 5.41) is 0. The molecule has 0 N–H and O–H groups in total. The van der Waals surface area contributed by atoms with E-state index in [1.807, 2.05) is 4.90 Å². The molecule has 0 unspecified atom stereocenters. The molecule has 1 amide bonds. The Morgan fingerprint density at radius 3 is 2.12 bits per heavy atom. The molecule has 4 atom stereocenters. The van der Waals surface area contributed by atoms with Crippen LogP contribution in [0.1, 0.15) is 40.5 Å². The van der Waals surface area contributed by atoms with Gasteiger partial charge in [-0.05, 0) is 48.6 Å². The summed E-state index contributed by atoms with van der Waals surface area (Å²) >= 11 is 0. The molecule has 0 radical (unpaired) electrons. The standard InChI is InChI=1S/C23H33N3O5S/c1-15-7-16(2)11-24(10-15)22(27)14-26-20-6-5-19(9-21(20)31-23(26)28)32(29,30)25-12-17(3)8-18(4)13-25/h5-6,9,15-18H,7-8,10-14H2,1-4H3/t15-,16+,17-,18-/m0/s1. The van der Waals surface area contributed by atoms with Crippen molar-refractivity contribution in [1.29, 1.82) is 0 Å². The monoisotopic (exact) mass is 463 g/mol. The molecule has 0 bridgehead atoms. The summed E-state index contributed by atoms with van der Waals surface area (Å²) < 4.78 is 34.6. The van der Waals surface area contributed by atoms with Gasteiger partial charge in [-0.3, -0.25) is 9.36 Å². The SMILES string of the molecule is C[C@@H]1C[C@H](C)CN(C(=O)Cn2c(=O)oc3cc(S(=O)(=O)N4C[C@@H](C)C[C@H](C)C4)ccc32)C1. The van der Waals surface area contributed by atoms with E-state index in [2.05, 4.69) is 27.7 Å². The van der Waals surface area contributed by atoms with Crippen molar-refractivity contribution in [2.24, 2.45) is 23.7 Å². The lowest BCUT2D eigenvalue weighted by molar-refractivity contribution is -0.134. The Kier molecular flexibility index (Phi) is 6.24. The Balaban J connectivity index is 1.59. The number of sulfonamides is 1. The highest BCUT2D eigenvalue weighted by Gasteiger charge is 2.32. The second-order valence-corrected chi connectivity index (χ2v) is 12.0. The highest BCUT2D eigenvalue weighted by Crippen LogP contribution is 2.28. The zero-order valence-electron chi connectivity index (χ0n) is 19.3. The first-order valence-electron chi connectivity index (χ1n) is 11.5. The number of benzene rings is 1. The molecule has 8 nitrogen and oxygen atoms in total. The molecule has 4 rings (SSSR count). The second-order valence-electron chi connectivity index (χ2n) is 10.1. The molecule has 2 aliphatic heterocycles. The van der Waals surface area contributed by atoms with E-state index in [1.165, 1.54) is 21.0 Å². The maximum Gasteiger partial charge on any atom is 0.420 e. The van der Waals surface area contributed by atoms with Gasteiger partial charge >= 0.3 is 5.76 Å². The van der Waals surface area contributed by atoms with Crippen molar-refractivity contribution < 1.29 is 17.6 Å². The van der Waals surface area contributed by atoms with Gasteiger partial charge in [-0.2, -0.15) is 4.31 Å². The predicted molar refractivity (Wildman–Crippen MR) is 122 cm³/mol. The topological polar surface area (TPSA) is 92.8 Å². The average molecular weight is 464 g/mol. The number of likely N-dealkylation sites (tertiary alicyclic amines) is 1. The first-order valence-corrected chi connectivity index (χ1v) is 12.9. The number of nitrogens with zero attached hydrogens (tertiary/aromatic N) is 3. The highest BCUT2D eigenvalue weighted by molar-refractivity contribution is 7.89. The van der Waals surface area contributed by atoms with Crippen LogP contribution < -0.4 is 5.76 Å². The van der Waals surface area contributed by atoms with Gasteiger partial charge in [0.1, 0.15) is 6.54 Å². The number of carbonyl (C=O) groups excluding carboxylic acids is 1. The normalized spacial score (nSPS) is 27.7. The summed E-state index contributed by atoms with van der Waals surface area (Å²) in [7, 11) is -3.69. The molecule has 176 valence electrons. The maximum absolute atomic E-state index is 13.2. The van der Waals surface area contributed by atoms with Crippen LogP contribution in [0.2, 0.25) is 0 Å². The van der Waals surface area contributed by atoms with Gasteiger partial charge < -0.3 is 9.32 Å². The van der Waals surface area contributed by atoms with Crippen LogP contribution >= 0.6 is 0 Å². The van der Waals surface area contributed by atoms with Crippen LogP contribution in [0, 0.1) is 23.7 Å². The molecule has 32 heavy (non-hydrogen) atoms. The van der Waals surface area contributed by atoms with E-state index >= 15 is 0 Å². The summed E-state index contributed by atoms with van der Waals surface area (Å²) in [6.07, 6.45) is 2.09. The molecule has 3 heterocycles. The minimum absolute atomic E-state index is 0.109. The van der Waals surface area contributed by atoms with Crippen molar-refractivity contribution in [2.75, 3.05) is 26.2 Å². The minimum atomic E-state index is -3.69. The molecule has 1 aromatic carbocycles. The largest absolute Gasteiger partial charge is 0.420 e. The van der Waals surface area contributed by atoms with E-state index in [1.54, 1.807) is 6.07 Å². The number of rotatable bonds is 4.